The molecule has 0 spiro atoms. The summed E-state index contributed by atoms with van der Waals surface area (Å²) in [5.41, 5.74) is 10.9. The second-order valence-electron chi connectivity index (χ2n) is 5.17. The maximum Gasteiger partial charge on any atom is 0.123 e. The van der Waals surface area contributed by atoms with Gasteiger partial charge in [-0.3, -0.25) is 0 Å². The van der Waals surface area contributed by atoms with Crippen molar-refractivity contribution < 1.29 is 4.39 Å². The highest BCUT2D eigenvalue weighted by molar-refractivity contribution is 7.98. The number of aryl methyl sites for hydroxylation is 2. The SMILES string of the molecule is Cc1cc(C)cc(CSCC(N)c2cccc(F)c2)c1. The molecule has 2 N–H and O–H groups in total. The van der Waals surface area contributed by atoms with Crippen LogP contribution in [-0.4, -0.2) is 5.75 Å². The summed E-state index contributed by atoms with van der Waals surface area (Å²) in [7, 11) is 0. The van der Waals surface area contributed by atoms with Crippen LogP contribution in [0.25, 0.3) is 0 Å². The summed E-state index contributed by atoms with van der Waals surface area (Å²) >= 11 is 1.79. The highest BCUT2D eigenvalue weighted by Gasteiger charge is 2.07. The second-order valence-corrected chi connectivity index (χ2v) is 6.20. The van der Waals surface area contributed by atoms with E-state index < -0.39 is 0 Å². The highest BCUT2D eigenvalue weighted by atomic mass is 32.2. The molecule has 1 nitrogen and oxygen atoms in total. The maximum absolute atomic E-state index is 13.1. The molecule has 0 aromatic heterocycles. The van der Waals surface area contributed by atoms with Crippen molar-refractivity contribution in [1.29, 1.82) is 0 Å². The molecule has 0 amide bonds. The van der Waals surface area contributed by atoms with Gasteiger partial charge in [0.25, 0.3) is 0 Å². The standard InChI is InChI=1S/C17H20FNS/c1-12-6-13(2)8-14(7-12)10-20-11-17(19)15-4-3-5-16(18)9-15/h3-9,17H,10-11,19H2,1-2H3. The van der Waals surface area contributed by atoms with Crippen molar-refractivity contribution in [2.24, 2.45) is 5.73 Å². The third-order valence-electron chi connectivity index (χ3n) is 3.12. The molecule has 0 bridgehead atoms. The molecule has 3 heteroatoms. The summed E-state index contributed by atoms with van der Waals surface area (Å²) < 4.78 is 13.1. The van der Waals surface area contributed by atoms with Gasteiger partial charge in [0.15, 0.2) is 0 Å². The molecular weight excluding hydrogens is 269 g/mol. The number of halogens is 1. The van der Waals surface area contributed by atoms with Crippen molar-refractivity contribution in [2.75, 3.05) is 5.75 Å². The molecule has 2 aromatic carbocycles. The van der Waals surface area contributed by atoms with Crippen LogP contribution in [0.4, 0.5) is 4.39 Å². The molecule has 1 atom stereocenters. The first-order valence-electron chi connectivity index (χ1n) is 6.70. The van der Waals surface area contributed by atoms with E-state index in [0.29, 0.717) is 0 Å². The molecule has 20 heavy (non-hydrogen) atoms. The van der Waals surface area contributed by atoms with Crippen molar-refractivity contribution in [3.05, 3.63) is 70.5 Å². The third kappa shape index (κ3) is 4.36. The lowest BCUT2D eigenvalue weighted by Crippen LogP contribution is -2.13. The van der Waals surface area contributed by atoms with E-state index in [9.17, 15) is 4.39 Å². The van der Waals surface area contributed by atoms with E-state index in [2.05, 4.69) is 32.0 Å². The van der Waals surface area contributed by atoms with Crippen molar-refractivity contribution in [1.82, 2.24) is 0 Å². The molecule has 0 fully saturated rings. The summed E-state index contributed by atoms with van der Waals surface area (Å²) in [6.45, 7) is 4.22. The molecule has 2 aromatic rings. The van der Waals surface area contributed by atoms with E-state index in [0.717, 1.165) is 17.1 Å². The van der Waals surface area contributed by atoms with Crippen molar-refractivity contribution in [3.63, 3.8) is 0 Å². The maximum atomic E-state index is 13.1. The van der Waals surface area contributed by atoms with Gasteiger partial charge in [0.1, 0.15) is 5.82 Å². The van der Waals surface area contributed by atoms with Gasteiger partial charge in [0.05, 0.1) is 0 Å². The normalized spacial score (nSPS) is 12.4. The summed E-state index contributed by atoms with van der Waals surface area (Å²) in [6, 6.07) is 13.0. The Morgan fingerprint density at radius 3 is 2.45 bits per heavy atom. The number of hydrogen-bond acceptors (Lipinski definition) is 2. The van der Waals surface area contributed by atoms with E-state index in [-0.39, 0.29) is 11.9 Å². The number of thioether (sulfide) groups is 1. The minimum atomic E-state index is -0.225. The van der Waals surface area contributed by atoms with Crippen LogP contribution in [0.3, 0.4) is 0 Å². The zero-order valence-electron chi connectivity index (χ0n) is 11.9. The van der Waals surface area contributed by atoms with Crippen LogP contribution < -0.4 is 5.73 Å². The van der Waals surface area contributed by atoms with Crippen LogP contribution in [-0.2, 0) is 5.75 Å². The lowest BCUT2D eigenvalue weighted by molar-refractivity contribution is 0.622. The van der Waals surface area contributed by atoms with Crippen molar-refractivity contribution >= 4 is 11.8 Å². The monoisotopic (exact) mass is 289 g/mol. The molecular formula is C17H20FNS. The molecule has 0 saturated heterocycles. The van der Waals surface area contributed by atoms with E-state index in [1.165, 1.54) is 28.8 Å². The molecule has 0 aliphatic carbocycles. The second kappa shape index (κ2) is 6.91. The fraction of sp³-hybridized carbons (Fsp3) is 0.294. The minimum Gasteiger partial charge on any atom is -0.323 e. The Morgan fingerprint density at radius 2 is 1.80 bits per heavy atom. The number of hydrogen-bond donors (Lipinski definition) is 1. The average molecular weight is 289 g/mol. The van der Waals surface area contributed by atoms with Crippen LogP contribution in [0.5, 0.6) is 0 Å². The smallest absolute Gasteiger partial charge is 0.123 e. The zero-order chi connectivity index (χ0) is 14.5. The number of rotatable bonds is 5. The molecule has 106 valence electrons. The fourth-order valence-electron chi connectivity index (χ4n) is 2.29. The van der Waals surface area contributed by atoms with E-state index in [4.69, 9.17) is 5.73 Å². The molecule has 0 saturated carbocycles. The number of benzene rings is 2. The van der Waals surface area contributed by atoms with Gasteiger partial charge >= 0.3 is 0 Å². The Bertz CT molecular complexity index is 563. The van der Waals surface area contributed by atoms with Gasteiger partial charge in [0, 0.05) is 17.5 Å². The predicted octanol–water partition coefficient (Wildman–Crippen LogP) is 4.38. The minimum absolute atomic E-state index is 0.124. The van der Waals surface area contributed by atoms with E-state index >= 15 is 0 Å². The lowest BCUT2D eigenvalue weighted by Gasteiger charge is -2.12. The van der Waals surface area contributed by atoms with Crippen LogP contribution >= 0.6 is 11.8 Å². The summed E-state index contributed by atoms with van der Waals surface area (Å²) in [5, 5.41) is 0. The van der Waals surface area contributed by atoms with Gasteiger partial charge in [-0.25, -0.2) is 4.39 Å². The van der Waals surface area contributed by atoms with Gasteiger partial charge in [-0.1, -0.05) is 41.5 Å². The van der Waals surface area contributed by atoms with Crippen LogP contribution in [0.15, 0.2) is 42.5 Å². The molecule has 1 unspecified atom stereocenters. The first-order chi connectivity index (χ1) is 9.54. The first kappa shape index (κ1) is 15.1. The Morgan fingerprint density at radius 1 is 1.10 bits per heavy atom. The average Bonchev–Trinajstić information content (AvgIpc) is 2.37. The summed E-state index contributed by atoms with van der Waals surface area (Å²) in [5.74, 6) is 1.50. The fourth-order valence-corrected chi connectivity index (χ4v) is 3.26. The topological polar surface area (TPSA) is 26.0 Å². The lowest BCUT2D eigenvalue weighted by atomic mass is 10.1. The third-order valence-corrected chi connectivity index (χ3v) is 4.26. The van der Waals surface area contributed by atoms with Gasteiger partial charge in [-0.05, 0) is 37.1 Å². The Hall–Kier alpha value is -1.32. The van der Waals surface area contributed by atoms with Crippen molar-refractivity contribution in [2.45, 2.75) is 25.6 Å². The Labute approximate surface area is 124 Å². The highest BCUT2D eigenvalue weighted by Crippen LogP contribution is 2.21. The summed E-state index contributed by atoms with van der Waals surface area (Å²) in [4.78, 5) is 0. The summed E-state index contributed by atoms with van der Waals surface area (Å²) in [6.07, 6.45) is 0. The molecule has 0 aliphatic heterocycles. The molecule has 2 rings (SSSR count). The Kier molecular flexibility index (Phi) is 5.21. The van der Waals surface area contributed by atoms with Gasteiger partial charge in [-0.2, -0.15) is 11.8 Å². The largest absolute Gasteiger partial charge is 0.323 e. The van der Waals surface area contributed by atoms with Crippen LogP contribution in [0.1, 0.15) is 28.3 Å². The first-order valence-corrected chi connectivity index (χ1v) is 7.86. The van der Waals surface area contributed by atoms with Crippen LogP contribution in [0, 0.1) is 19.7 Å². The quantitative estimate of drug-likeness (QED) is 0.884. The van der Waals surface area contributed by atoms with Gasteiger partial charge in [-0.15, -0.1) is 0 Å². The zero-order valence-corrected chi connectivity index (χ0v) is 12.7. The van der Waals surface area contributed by atoms with E-state index in [1.807, 2.05) is 6.07 Å². The number of nitrogens with two attached hydrogens (primary N) is 1. The molecule has 0 aliphatic rings. The molecule has 0 radical (unpaired) electrons. The Balaban J connectivity index is 1.89. The molecule has 0 heterocycles. The predicted molar refractivity (Wildman–Crippen MR) is 85.4 cm³/mol. The van der Waals surface area contributed by atoms with Crippen LogP contribution in [0.2, 0.25) is 0 Å². The van der Waals surface area contributed by atoms with E-state index in [1.54, 1.807) is 17.8 Å². The van der Waals surface area contributed by atoms with Crippen molar-refractivity contribution in [3.8, 4) is 0 Å². The van der Waals surface area contributed by atoms with Gasteiger partial charge in [0.2, 0.25) is 0 Å². The van der Waals surface area contributed by atoms with Gasteiger partial charge < -0.3 is 5.73 Å².